The third kappa shape index (κ3) is 1.81. The molecule has 0 aromatic rings. The van der Waals surface area contributed by atoms with Crippen LogP contribution in [0.25, 0.3) is 0 Å². The Kier molecular flexibility index (Phi) is 2.82. The molecule has 1 unspecified atom stereocenters. The smallest absolute Gasteiger partial charge is 0.475 e. The highest BCUT2D eigenvalue weighted by molar-refractivity contribution is 5.98. The minimum Gasteiger partial charge on any atom is -0.481 e. The molecule has 1 saturated heterocycles. The van der Waals surface area contributed by atoms with Crippen molar-refractivity contribution in [3.63, 3.8) is 0 Å². The van der Waals surface area contributed by atoms with Crippen molar-refractivity contribution in [3.05, 3.63) is 0 Å². The Labute approximate surface area is 85.6 Å². The van der Waals surface area contributed by atoms with E-state index < -0.39 is 47.9 Å². The summed E-state index contributed by atoms with van der Waals surface area (Å²) in [6, 6.07) is -5.33. The van der Waals surface area contributed by atoms with Gasteiger partial charge in [-0.05, 0) is 6.42 Å². The molecule has 1 rings (SSSR count). The normalized spacial score (nSPS) is 22.7. The van der Waals surface area contributed by atoms with Gasteiger partial charge in [-0.15, -0.1) is 0 Å². The summed E-state index contributed by atoms with van der Waals surface area (Å²) < 4.78 is 61.1. The maximum absolute atomic E-state index is 12.7. The minimum atomic E-state index is -5.91. The van der Waals surface area contributed by atoms with Crippen LogP contribution in [-0.4, -0.2) is 40.7 Å². The molecule has 92 valence electrons. The molecule has 0 saturated carbocycles. The maximum atomic E-state index is 12.7. The van der Waals surface area contributed by atoms with Crippen LogP contribution in [0.15, 0.2) is 0 Å². The second kappa shape index (κ2) is 3.56. The van der Waals surface area contributed by atoms with Gasteiger partial charge in [0.25, 0.3) is 0 Å². The van der Waals surface area contributed by atoms with Crippen molar-refractivity contribution in [3.8, 4) is 0 Å². The maximum Gasteiger partial charge on any atom is 0.475 e. The third-order valence-corrected chi connectivity index (χ3v) is 2.18. The number of rotatable bonds is 2. The fraction of sp³-hybridized carbons (Fsp3) is 0.714. The van der Waals surface area contributed by atoms with E-state index in [1.54, 1.807) is 0 Å². The molecule has 1 N–H and O–H groups in total. The molecule has 4 nitrogen and oxygen atoms in total. The lowest BCUT2D eigenvalue weighted by atomic mass is 10.1. The molecule has 0 aliphatic carbocycles. The lowest BCUT2D eigenvalue weighted by Crippen LogP contribution is -2.53. The van der Waals surface area contributed by atoms with Crippen molar-refractivity contribution in [1.29, 1.82) is 0 Å². The van der Waals surface area contributed by atoms with Crippen LogP contribution in [0.3, 0.4) is 0 Å². The number of hydrogen-bond donors (Lipinski definition) is 1. The van der Waals surface area contributed by atoms with Crippen molar-refractivity contribution >= 4 is 11.9 Å². The van der Waals surface area contributed by atoms with E-state index in [4.69, 9.17) is 5.11 Å². The molecule has 1 amide bonds. The van der Waals surface area contributed by atoms with Crippen LogP contribution in [0.4, 0.5) is 22.0 Å². The molecule has 0 bridgehead atoms. The zero-order valence-electron chi connectivity index (χ0n) is 7.59. The summed E-state index contributed by atoms with van der Waals surface area (Å²) in [6.45, 7) is -0.928. The van der Waals surface area contributed by atoms with Crippen LogP contribution in [-0.2, 0) is 9.59 Å². The van der Waals surface area contributed by atoms with E-state index in [0.29, 0.717) is 0 Å². The summed E-state index contributed by atoms with van der Waals surface area (Å²) in [7, 11) is 0. The molecule has 1 aliphatic heterocycles. The second-order valence-electron chi connectivity index (χ2n) is 3.21. The number of halogens is 5. The first-order valence-corrected chi connectivity index (χ1v) is 4.08. The van der Waals surface area contributed by atoms with Gasteiger partial charge in [0, 0.05) is 6.54 Å². The first-order valence-electron chi connectivity index (χ1n) is 4.08. The predicted octanol–water partition coefficient (Wildman–Crippen LogP) is 1.07. The molecule has 1 aliphatic rings. The zero-order valence-corrected chi connectivity index (χ0v) is 7.59. The highest BCUT2D eigenvalue weighted by Gasteiger charge is 2.65. The number of amides is 1. The topological polar surface area (TPSA) is 57.6 Å². The van der Waals surface area contributed by atoms with E-state index in [1.807, 2.05) is 0 Å². The Morgan fingerprint density at radius 1 is 1.31 bits per heavy atom. The first kappa shape index (κ1) is 12.7. The van der Waals surface area contributed by atoms with Crippen LogP contribution in [0.2, 0.25) is 0 Å². The average Bonchev–Trinajstić information content (AvgIpc) is 2.44. The largest absolute Gasteiger partial charge is 0.481 e. The molecule has 1 fully saturated rings. The van der Waals surface area contributed by atoms with Gasteiger partial charge < -0.3 is 5.11 Å². The SMILES string of the molecule is O=C(O)C1CCN(C(F)(F)C(F)(F)F)C1=O. The van der Waals surface area contributed by atoms with Gasteiger partial charge in [0.2, 0.25) is 5.91 Å². The van der Waals surface area contributed by atoms with Crippen molar-refractivity contribution in [2.45, 2.75) is 18.6 Å². The number of aliphatic carboxylic acids is 1. The number of alkyl halides is 5. The van der Waals surface area contributed by atoms with Gasteiger partial charge in [-0.3, -0.25) is 14.5 Å². The summed E-state index contributed by atoms with van der Waals surface area (Å²) in [5, 5.41) is 8.40. The number of carboxylic acids is 1. The van der Waals surface area contributed by atoms with E-state index in [9.17, 15) is 31.5 Å². The number of carbonyl (C=O) groups is 2. The van der Waals surface area contributed by atoms with Crippen LogP contribution in [0, 0.1) is 5.92 Å². The molecular weight excluding hydrogens is 241 g/mol. The van der Waals surface area contributed by atoms with Crippen molar-refractivity contribution in [2.24, 2.45) is 5.92 Å². The van der Waals surface area contributed by atoms with E-state index in [0.717, 1.165) is 0 Å². The standard InChI is InChI=1S/C7H6F5NO3/c8-6(9,10)7(11,12)13-2-1-3(4(13)14)5(15)16/h3H,1-2H2,(H,15,16). The fourth-order valence-electron chi connectivity index (χ4n) is 1.34. The van der Waals surface area contributed by atoms with Crippen LogP contribution in [0.5, 0.6) is 0 Å². The van der Waals surface area contributed by atoms with Crippen molar-refractivity contribution in [1.82, 2.24) is 4.90 Å². The molecule has 0 spiro atoms. The quantitative estimate of drug-likeness (QED) is 0.451. The van der Waals surface area contributed by atoms with Gasteiger partial charge in [-0.25, -0.2) is 0 Å². The van der Waals surface area contributed by atoms with Crippen molar-refractivity contribution in [2.75, 3.05) is 6.54 Å². The lowest BCUT2D eigenvalue weighted by Gasteiger charge is -2.28. The number of carboxylic acid groups (broad SMARTS) is 1. The first-order chi connectivity index (χ1) is 7.09. The van der Waals surface area contributed by atoms with Gasteiger partial charge in [-0.2, -0.15) is 22.0 Å². The molecule has 0 aromatic heterocycles. The van der Waals surface area contributed by atoms with E-state index in [-0.39, 0.29) is 0 Å². The second-order valence-corrected chi connectivity index (χ2v) is 3.21. The Balaban J connectivity index is 2.94. The highest BCUT2D eigenvalue weighted by atomic mass is 19.4. The summed E-state index contributed by atoms with van der Waals surface area (Å²) in [4.78, 5) is 20.6. The van der Waals surface area contributed by atoms with E-state index in [2.05, 4.69) is 0 Å². The Hall–Kier alpha value is -1.41. The Morgan fingerprint density at radius 3 is 2.12 bits per heavy atom. The zero-order chi connectivity index (χ0) is 12.7. The van der Waals surface area contributed by atoms with E-state index in [1.165, 1.54) is 0 Å². The number of hydrogen-bond acceptors (Lipinski definition) is 2. The van der Waals surface area contributed by atoms with Crippen LogP contribution < -0.4 is 0 Å². The number of likely N-dealkylation sites (tertiary alicyclic amines) is 1. The Bertz CT molecular complexity index is 326. The molecule has 1 atom stereocenters. The number of carbonyl (C=O) groups excluding carboxylic acids is 1. The van der Waals surface area contributed by atoms with Crippen LogP contribution >= 0.6 is 0 Å². The molecule has 1 heterocycles. The third-order valence-electron chi connectivity index (χ3n) is 2.18. The van der Waals surface area contributed by atoms with E-state index >= 15 is 0 Å². The van der Waals surface area contributed by atoms with Crippen LogP contribution in [0.1, 0.15) is 6.42 Å². The lowest BCUT2D eigenvalue weighted by molar-refractivity contribution is -0.331. The summed E-state index contributed by atoms with van der Waals surface area (Å²) >= 11 is 0. The summed E-state index contributed by atoms with van der Waals surface area (Å²) in [5.41, 5.74) is 0. The Morgan fingerprint density at radius 2 is 1.81 bits per heavy atom. The van der Waals surface area contributed by atoms with Gasteiger partial charge in [0.1, 0.15) is 5.92 Å². The van der Waals surface area contributed by atoms with Gasteiger partial charge in [0.05, 0.1) is 0 Å². The monoisotopic (exact) mass is 247 g/mol. The molecule has 0 aromatic carbocycles. The number of nitrogens with zero attached hydrogens (tertiary/aromatic N) is 1. The fourth-order valence-corrected chi connectivity index (χ4v) is 1.34. The van der Waals surface area contributed by atoms with Gasteiger partial charge in [0.15, 0.2) is 0 Å². The van der Waals surface area contributed by atoms with Gasteiger partial charge >= 0.3 is 18.2 Å². The molecule has 9 heteroatoms. The average molecular weight is 247 g/mol. The van der Waals surface area contributed by atoms with Crippen molar-refractivity contribution < 1.29 is 36.6 Å². The summed E-state index contributed by atoms with van der Waals surface area (Å²) in [5.74, 6) is -5.24. The molecule has 16 heavy (non-hydrogen) atoms. The predicted molar refractivity (Wildman–Crippen MR) is 38.5 cm³/mol. The summed E-state index contributed by atoms with van der Waals surface area (Å²) in [6.07, 6.45) is -6.46. The molecular formula is C7H6F5NO3. The highest BCUT2D eigenvalue weighted by Crippen LogP contribution is 2.41. The minimum absolute atomic E-state index is 0.556. The van der Waals surface area contributed by atoms with Gasteiger partial charge in [-0.1, -0.05) is 0 Å². The molecule has 0 radical (unpaired) electrons.